The van der Waals surface area contributed by atoms with E-state index in [1.165, 1.54) is 0 Å². The van der Waals surface area contributed by atoms with Crippen molar-refractivity contribution in [3.05, 3.63) is 83.4 Å². The fourth-order valence-electron chi connectivity index (χ4n) is 4.79. The number of carbonyl (C=O) groups is 1. The molecule has 0 saturated carbocycles. The minimum atomic E-state index is -0.756. The maximum absolute atomic E-state index is 11.8. The predicted octanol–water partition coefficient (Wildman–Crippen LogP) is 5.18. The summed E-state index contributed by atoms with van der Waals surface area (Å²) in [5, 5.41) is 9.70. The highest BCUT2D eigenvalue weighted by molar-refractivity contribution is 5.70. The number of carboxylic acid groups (broad SMARTS) is 1. The van der Waals surface area contributed by atoms with Crippen LogP contribution in [0, 0.1) is 5.92 Å². The molecular formula is C29H33NO6. The molecule has 1 aliphatic heterocycles. The van der Waals surface area contributed by atoms with Crippen molar-refractivity contribution in [3.63, 3.8) is 0 Å². The number of piperidine rings is 1. The number of rotatable bonds is 10. The minimum Gasteiger partial charge on any atom is -0.493 e. The van der Waals surface area contributed by atoms with Gasteiger partial charge in [-0.05, 0) is 60.3 Å². The molecule has 0 radical (unpaired) electrons. The first-order valence-electron chi connectivity index (χ1n) is 12.1. The number of ether oxygens (including phenoxy) is 4. The van der Waals surface area contributed by atoms with E-state index < -0.39 is 11.9 Å². The average molecular weight is 492 g/mol. The number of hydrogen-bond acceptors (Lipinski definition) is 6. The first-order valence-corrected chi connectivity index (χ1v) is 12.1. The summed E-state index contributed by atoms with van der Waals surface area (Å²) in [6.07, 6.45) is 1.50. The van der Waals surface area contributed by atoms with Crippen molar-refractivity contribution in [3.8, 4) is 23.0 Å². The number of hydrogen-bond donors (Lipinski definition) is 1. The zero-order valence-corrected chi connectivity index (χ0v) is 21.0. The van der Waals surface area contributed by atoms with Crippen LogP contribution in [0.25, 0.3) is 0 Å². The molecular weight excluding hydrogens is 458 g/mol. The van der Waals surface area contributed by atoms with Crippen LogP contribution in [-0.2, 0) is 11.4 Å². The van der Waals surface area contributed by atoms with Crippen molar-refractivity contribution in [2.24, 2.45) is 5.92 Å². The highest BCUT2D eigenvalue weighted by atomic mass is 16.5. The lowest BCUT2D eigenvalue weighted by atomic mass is 9.91. The van der Waals surface area contributed by atoms with E-state index in [1.54, 1.807) is 21.3 Å². The Hall–Kier alpha value is -3.71. The summed E-state index contributed by atoms with van der Waals surface area (Å²) in [6.45, 7) is 1.68. The van der Waals surface area contributed by atoms with E-state index in [0.717, 1.165) is 29.7 Å². The third kappa shape index (κ3) is 5.74. The Bertz CT molecular complexity index is 1170. The van der Waals surface area contributed by atoms with E-state index in [-0.39, 0.29) is 6.04 Å². The predicted molar refractivity (Wildman–Crippen MR) is 137 cm³/mol. The zero-order chi connectivity index (χ0) is 25.5. The quantitative estimate of drug-likeness (QED) is 0.419. The van der Waals surface area contributed by atoms with Gasteiger partial charge < -0.3 is 24.1 Å². The van der Waals surface area contributed by atoms with Gasteiger partial charge in [0.2, 0.25) is 0 Å². The van der Waals surface area contributed by atoms with Crippen molar-refractivity contribution in [1.29, 1.82) is 0 Å². The Morgan fingerprint density at radius 2 is 1.50 bits per heavy atom. The van der Waals surface area contributed by atoms with Gasteiger partial charge in [-0.25, -0.2) is 0 Å². The molecule has 3 aromatic rings. The van der Waals surface area contributed by atoms with Gasteiger partial charge in [0.15, 0.2) is 23.0 Å². The first-order chi connectivity index (χ1) is 17.5. The van der Waals surface area contributed by atoms with E-state index in [2.05, 4.69) is 4.90 Å². The number of carboxylic acids is 1. The molecule has 2 unspecified atom stereocenters. The van der Waals surface area contributed by atoms with Gasteiger partial charge in [-0.1, -0.05) is 42.5 Å². The molecule has 0 aromatic heterocycles. The van der Waals surface area contributed by atoms with Gasteiger partial charge in [0, 0.05) is 6.54 Å². The van der Waals surface area contributed by atoms with Gasteiger partial charge in [0.1, 0.15) is 6.61 Å². The van der Waals surface area contributed by atoms with E-state index in [9.17, 15) is 9.90 Å². The monoisotopic (exact) mass is 491 g/mol. The molecule has 1 heterocycles. The maximum atomic E-state index is 11.8. The molecule has 1 N–H and O–H groups in total. The second-order valence-electron chi connectivity index (χ2n) is 8.87. The molecule has 1 fully saturated rings. The normalized spacial score (nSPS) is 16.7. The topological polar surface area (TPSA) is 77.5 Å². The number of benzene rings is 3. The Balaban J connectivity index is 1.70. The van der Waals surface area contributed by atoms with Crippen LogP contribution in [0.5, 0.6) is 23.0 Å². The van der Waals surface area contributed by atoms with Crippen LogP contribution in [0.3, 0.4) is 0 Å². The zero-order valence-electron chi connectivity index (χ0n) is 21.0. The molecule has 190 valence electrons. The van der Waals surface area contributed by atoms with Crippen LogP contribution < -0.4 is 18.9 Å². The molecule has 0 aliphatic carbocycles. The number of aliphatic carboxylic acids is 1. The molecule has 36 heavy (non-hydrogen) atoms. The van der Waals surface area contributed by atoms with Gasteiger partial charge in [-0.15, -0.1) is 0 Å². The average Bonchev–Trinajstić information content (AvgIpc) is 2.93. The Labute approximate surface area is 212 Å². The van der Waals surface area contributed by atoms with Gasteiger partial charge in [0.05, 0.1) is 33.3 Å². The molecule has 3 aromatic carbocycles. The summed E-state index contributed by atoms with van der Waals surface area (Å²) in [4.78, 5) is 14.0. The lowest BCUT2D eigenvalue weighted by Gasteiger charge is -2.38. The summed E-state index contributed by atoms with van der Waals surface area (Å²) in [5.41, 5.74) is 3.04. The minimum absolute atomic E-state index is 0.191. The number of nitrogens with zero attached hydrogens (tertiary/aromatic N) is 1. The Kier molecular flexibility index (Phi) is 8.33. The fourth-order valence-corrected chi connectivity index (χ4v) is 4.79. The standard InChI is InChI=1S/C29H33NO6/c1-33-24-13-11-21(16-26(24)34-2)28(30-15-7-10-23(18-30)29(31)32)22-12-14-25(27(17-22)35-3)36-19-20-8-5-4-6-9-20/h4-6,8-9,11-14,16-17,23,28H,7,10,15,18-19H2,1-3H3,(H,31,32). The van der Waals surface area contributed by atoms with E-state index in [1.807, 2.05) is 66.7 Å². The second kappa shape index (κ2) is 11.8. The third-order valence-electron chi connectivity index (χ3n) is 6.63. The molecule has 7 nitrogen and oxygen atoms in total. The van der Waals surface area contributed by atoms with Crippen LogP contribution >= 0.6 is 0 Å². The van der Waals surface area contributed by atoms with Crippen molar-refractivity contribution in [1.82, 2.24) is 4.90 Å². The van der Waals surface area contributed by atoms with Crippen LogP contribution in [0.15, 0.2) is 66.7 Å². The molecule has 7 heteroatoms. The van der Waals surface area contributed by atoms with Crippen molar-refractivity contribution in [2.75, 3.05) is 34.4 Å². The van der Waals surface area contributed by atoms with Crippen LogP contribution in [-0.4, -0.2) is 50.4 Å². The summed E-state index contributed by atoms with van der Waals surface area (Å²) in [6, 6.07) is 21.5. The lowest BCUT2D eigenvalue weighted by molar-refractivity contribution is -0.143. The summed E-state index contributed by atoms with van der Waals surface area (Å²) < 4.78 is 22.8. The number of methoxy groups -OCH3 is 3. The fraction of sp³-hybridized carbons (Fsp3) is 0.345. The molecule has 0 spiro atoms. The maximum Gasteiger partial charge on any atom is 0.307 e. The number of likely N-dealkylation sites (tertiary alicyclic amines) is 1. The summed E-state index contributed by atoms with van der Waals surface area (Å²) in [5.74, 6) is 1.38. The Morgan fingerprint density at radius 1 is 0.889 bits per heavy atom. The van der Waals surface area contributed by atoms with E-state index >= 15 is 0 Å². The smallest absolute Gasteiger partial charge is 0.307 e. The first kappa shape index (κ1) is 25.4. The highest BCUT2D eigenvalue weighted by Gasteiger charge is 2.32. The molecule has 0 amide bonds. The van der Waals surface area contributed by atoms with Gasteiger partial charge in [0.25, 0.3) is 0 Å². The van der Waals surface area contributed by atoms with Gasteiger partial charge in [-0.3, -0.25) is 9.69 Å². The lowest BCUT2D eigenvalue weighted by Crippen LogP contribution is -2.41. The van der Waals surface area contributed by atoms with Crippen LogP contribution in [0.1, 0.15) is 35.6 Å². The highest BCUT2D eigenvalue weighted by Crippen LogP contribution is 2.40. The second-order valence-corrected chi connectivity index (χ2v) is 8.87. The van der Waals surface area contributed by atoms with E-state index in [4.69, 9.17) is 18.9 Å². The summed E-state index contributed by atoms with van der Waals surface area (Å²) in [7, 11) is 4.84. The van der Waals surface area contributed by atoms with Crippen LogP contribution in [0.4, 0.5) is 0 Å². The molecule has 0 bridgehead atoms. The Morgan fingerprint density at radius 3 is 2.11 bits per heavy atom. The van der Waals surface area contributed by atoms with Crippen molar-refractivity contribution < 1.29 is 28.8 Å². The summed E-state index contributed by atoms with van der Waals surface area (Å²) >= 11 is 0. The molecule has 4 rings (SSSR count). The largest absolute Gasteiger partial charge is 0.493 e. The SMILES string of the molecule is COc1ccc(C(c2ccc(OCc3ccccc3)c(OC)c2)N2CCCC(C(=O)O)C2)cc1OC. The van der Waals surface area contributed by atoms with Gasteiger partial charge in [-0.2, -0.15) is 0 Å². The molecule has 2 atom stereocenters. The molecule has 1 saturated heterocycles. The van der Waals surface area contributed by atoms with E-state index in [0.29, 0.717) is 42.6 Å². The van der Waals surface area contributed by atoms with Crippen LogP contribution in [0.2, 0.25) is 0 Å². The van der Waals surface area contributed by atoms with Gasteiger partial charge >= 0.3 is 5.97 Å². The van der Waals surface area contributed by atoms with Crippen molar-refractivity contribution >= 4 is 5.97 Å². The molecule has 1 aliphatic rings. The van der Waals surface area contributed by atoms with Crippen molar-refractivity contribution in [2.45, 2.75) is 25.5 Å². The third-order valence-corrected chi connectivity index (χ3v) is 6.63.